The molecule has 1 atom stereocenters. The van der Waals surface area contributed by atoms with Gasteiger partial charge in [0.25, 0.3) is 0 Å². The van der Waals surface area contributed by atoms with Gasteiger partial charge in [0.15, 0.2) is 5.96 Å². The molecule has 0 spiro atoms. The van der Waals surface area contributed by atoms with Crippen molar-refractivity contribution in [3.8, 4) is 0 Å². The van der Waals surface area contributed by atoms with Crippen LogP contribution in [0, 0.1) is 5.92 Å². The zero-order valence-electron chi connectivity index (χ0n) is 14.2. The van der Waals surface area contributed by atoms with Crippen LogP contribution in [-0.2, 0) is 14.2 Å². The van der Waals surface area contributed by atoms with Gasteiger partial charge in [0.05, 0.1) is 19.8 Å². The highest BCUT2D eigenvalue weighted by molar-refractivity contribution is 5.79. The second-order valence-electron chi connectivity index (χ2n) is 5.55. The van der Waals surface area contributed by atoms with E-state index in [0.717, 1.165) is 71.3 Å². The largest absolute Gasteiger partial charge is 0.381 e. The van der Waals surface area contributed by atoms with Gasteiger partial charge >= 0.3 is 0 Å². The van der Waals surface area contributed by atoms with Gasteiger partial charge in [0.2, 0.25) is 0 Å². The van der Waals surface area contributed by atoms with Crippen LogP contribution in [-0.4, -0.2) is 65.7 Å². The van der Waals surface area contributed by atoms with Gasteiger partial charge in [-0.25, -0.2) is 0 Å². The summed E-state index contributed by atoms with van der Waals surface area (Å²) < 4.78 is 16.5. The molecule has 1 rings (SSSR count). The predicted octanol–water partition coefficient (Wildman–Crippen LogP) is 1.41. The highest BCUT2D eigenvalue weighted by Gasteiger charge is 2.15. The molecule has 0 aliphatic carbocycles. The van der Waals surface area contributed by atoms with Crippen molar-refractivity contribution in [1.29, 1.82) is 0 Å². The van der Waals surface area contributed by atoms with E-state index in [9.17, 15) is 0 Å². The maximum atomic E-state index is 5.67. The zero-order chi connectivity index (χ0) is 15.9. The lowest BCUT2D eigenvalue weighted by Gasteiger charge is -2.12. The third-order valence-electron chi connectivity index (χ3n) is 3.54. The highest BCUT2D eigenvalue weighted by Crippen LogP contribution is 2.12. The quantitative estimate of drug-likeness (QED) is 0.324. The molecule has 1 heterocycles. The van der Waals surface area contributed by atoms with Crippen molar-refractivity contribution in [1.82, 2.24) is 10.6 Å². The topological polar surface area (TPSA) is 64.1 Å². The third kappa shape index (κ3) is 9.97. The molecule has 130 valence electrons. The van der Waals surface area contributed by atoms with Crippen LogP contribution >= 0.6 is 0 Å². The van der Waals surface area contributed by atoms with Crippen molar-refractivity contribution in [2.24, 2.45) is 10.9 Å². The molecule has 0 aromatic carbocycles. The third-order valence-corrected chi connectivity index (χ3v) is 3.54. The van der Waals surface area contributed by atoms with Crippen molar-refractivity contribution in [2.75, 3.05) is 59.8 Å². The van der Waals surface area contributed by atoms with E-state index in [1.807, 2.05) is 0 Å². The van der Waals surface area contributed by atoms with Gasteiger partial charge in [0.1, 0.15) is 0 Å². The van der Waals surface area contributed by atoms with Gasteiger partial charge in [-0.3, -0.25) is 4.99 Å². The van der Waals surface area contributed by atoms with E-state index in [2.05, 4.69) is 22.5 Å². The van der Waals surface area contributed by atoms with E-state index in [1.165, 1.54) is 6.42 Å². The van der Waals surface area contributed by atoms with E-state index in [0.29, 0.717) is 12.5 Å². The second-order valence-corrected chi connectivity index (χ2v) is 5.55. The lowest BCUT2D eigenvalue weighted by molar-refractivity contribution is 0.0888. The lowest BCUT2D eigenvalue weighted by atomic mass is 10.1. The standard InChI is InChI=1S/C16H33N3O3/c1-3-4-9-20-12-8-19-16(17-2)18-7-5-10-21-13-15-6-11-22-14-15/h15H,3-14H2,1-2H3,(H2,17,18,19). The van der Waals surface area contributed by atoms with Crippen LogP contribution in [0.25, 0.3) is 0 Å². The summed E-state index contributed by atoms with van der Waals surface area (Å²) in [4.78, 5) is 4.18. The molecule has 1 aliphatic heterocycles. The predicted molar refractivity (Wildman–Crippen MR) is 89.5 cm³/mol. The van der Waals surface area contributed by atoms with Crippen molar-refractivity contribution in [3.63, 3.8) is 0 Å². The molecule has 1 aliphatic rings. The summed E-state index contributed by atoms with van der Waals surface area (Å²) in [5.74, 6) is 1.42. The SMILES string of the molecule is CCCCOCCNC(=NC)NCCCOCC1CCOC1. The first kappa shape index (κ1) is 19.2. The summed E-state index contributed by atoms with van der Waals surface area (Å²) in [5.41, 5.74) is 0. The van der Waals surface area contributed by atoms with Crippen LogP contribution in [0.4, 0.5) is 0 Å². The molecule has 1 fully saturated rings. The van der Waals surface area contributed by atoms with Gasteiger partial charge in [-0.15, -0.1) is 0 Å². The molecule has 1 unspecified atom stereocenters. The van der Waals surface area contributed by atoms with Gasteiger partial charge in [-0.1, -0.05) is 13.3 Å². The van der Waals surface area contributed by atoms with Crippen LogP contribution in [0.3, 0.4) is 0 Å². The lowest BCUT2D eigenvalue weighted by Crippen LogP contribution is -2.39. The number of hydrogen-bond acceptors (Lipinski definition) is 4. The molecule has 6 nitrogen and oxygen atoms in total. The Balaban J connectivity index is 1.88. The fraction of sp³-hybridized carbons (Fsp3) is 0.938. The molecule has 2 N–H and O–H groups in total. The Morgan fingerprint density at radius 2 is 1.95 bits per heavy atom. The number of nitrogens with one attached hydrogen (secondary N) is 2. The molecule has 0 amide bonds. The van der Waals surface area contributed by atoms with E-state index >= 15 is 0 Å². The van der Waals surface area contributed by atoms with Gasteiger partial charge in [-0.2, -0.15) is 0 Å². The number of hydrogen-bond donors (Lipinski definition) is 2. The number of rotatable bonds is 12. The fourth-order valence-corrected chi connectivity index (χ4v) is 2.16. The average molecular weight is 315 g/mol. The summed E-state index contributed by atoms with van der Waals surface area (Å²) in [6.45, 7) is 8.70. The van der Waals surface area contributed by atoms with Gasteiger partial charge in [0, 0.05) is 45.9 Å². The number of unbranched alkanes of at least 4 members (excludes halogenated alkanes) is 1. The second kappa shape index (κ2) is 13.8. The smallest absolute Gasteiger partial charge is 0.191 e. The van der Waals surface area contributed by atoms with Crippen LogP contribution in [0.5, 0.6) is 0 Å². The number of nitrogens with zero attached hydrogens (tertiary/aromatic N) is 1. The first-order valence-corrected chi connectivity index (χ1v) is 8.54. The van der Waals surface area contributed by atoms with E-state index < -0.39 is 0 Å². The Labute approximate surface area is 135 Å². The van der Waals surface area contributed by atoms with Crippen molar-refractivity contribution < 1.29 is 14.2 Å². The maximum Gasteiger partial charge on any atom is 0.191 e. The monoisotopic (exact) mass is 315 g/mol. The maximum absolute atomic E-state index is 5.67. The Morgan fingerprint density at radius 1 is 1.14 bits per heavy atom. The van der Waals surface area contributed by atoms with E-state index in [1.54, 1.807) is 7.05 Å². The minimum atomic E-state index is 0.593. The molecular formula is C16H33N3O3. The molecule has 0 saturated carbocycles. The fourth-order valence-electron chi connectivity index (χ4n) is 2.16. The molecule has 22 heavy (non-hydrogen) atoms. The summed E-state index contributed by atoms with van der Waals surface area (Å²) in [6, 6.07) is 0. The normalized spacial score (nSPS) is 18.6. The molecule has 1 saturated heterocycles. The summed E-state index contributed by atoms with van der Waals surface area (Å²) in [5, 5.41) is 6.52. The molecule has 0 bridgehead atoms. The molecule has 0 radical (unpaired) electrons. The first-order chi connectivity index (χ1) is 10.9. The van der Waals surface area contributed by atoms with Crippen LogP contribution in [0.2, 0.25) is 0 Å². The minimum Gasteiger partial charge on any atom is -0.381 e. The van der Waals surface area contributed by atoms with E-state index in [4.69, 9.17) is 14.2 Å². The summed E-state index contributed by atoms with van der Waals surface area (Å²) in [7, 11) is 1.78. The molecular weight excluding hydrogens is 282 g/mol. The molecule has 6 heteroatoms. The number of aliphatic imine (C=N–C) groups is 1. The molecule has 0 aromatic rings. The number of ether oxygens (including phenoxy) is 3. The molecule has 0 aromatic heterocycles. The van der Waals surface area contributed by atoms with Crippen molar-refractivity contribution in [3.05, 3.63) is 0 Å². The van der Waals surface area contributed by atoms with Crippen LogP contribution in [0.15, 0.2) is 4.99 Å². The summed E-state index contributed by atoms with van der Waals surface area (Å²) >= 11 is 0. The Hall–Kier alpha value is -0.850. The average Bonchev–Trinajstić information content (AvgIpc) is 3.05. The number of guanidine groups is 1. The minimum absolute atomic E-state index is 0.593. The van der Waals surface area contributed by atoms with Crippen molar-refractivity contribution in [2.45, 2.75) is 32.6 Å². The van der Waals surface area contributed by atoms with Crippen LogP contribution in [0.1, 0.15) is 32.6 Å². The summed E-state index contributed by atoms with van der Waals surface area (Å²) in [6.07, 6.45) is 4.41. The van der Waals surface area contributed by atoms with Crippen LogP contribution < -0.4 is 10.6 Å². The highest BCUT2D eigenvalue weighted by atomic mass is 16.5. The van der Waals surface area contributed by atoms with E-state index in [-0.39, 0.29) is 0 Å². The Bertz CT molecular complexity index is 282. The van der Waals surface area contributed by atoms with Crippen molar-refractivity contribution >= 4 is 5.96 Å². The van der Waals surface area contributed by atoms with Gasteiger partial charge < -0.3 is 24.8 Å². The Morgan fingerprint density at radius 3 is 2.68 bits per heavy atom. The zero-order valence-corrected chi connectivity index (χ0v) is 14.2. The Kier molecular flexibility index (Phi) is 12.0. The first-order valence-electron chi connectivity index (χ1n) is 8.54. The van der Waals surface area contributed by atoms with Gasteiger partial charge in [-0.05, 0) is 19.3 Å².